The zero-order chi connectivity index (χ0) is 37.7. The lowest BCUT2D eigenvalue weighted by Crippen LogP contribution is -2.51. The summed E-state index contributed by atoms with van der Waals surface area (Å²) < 4.78 is 0. The molecule has 0 saturated carbocycles. The van der Waals surface area contributed by atoms with E-state index in [9.17, 15) is 29.1 Å². The summed E-state index contributed by atoms with van der Waals surface area (Å²) >= 11 is 0. The predicted molar refractivity (Wildman–Crippen MR) is 205 cm³/mol. The lowest BCUT2D eigenvalue weighted by Gasteiger charge is -2.29. The highest BCUT2D eigenvalue weighted by Crippen LogP contribution is 2.30. The fourth-order valence-electron chi connectivity index (χ4n) is 6.61. The standard InChI is InChI=1S/C41H50N6O6/c1-3-25-46(26-24-42-23-20-37(49)33-8-4-5-9-36(33)48)31-15-11-29(12-16-31)13-19-38(50)44-22-7-6-21-43-30-14-17-32-34(27-30)41(53)47(40(32)52)35-18-10-28(2)45-39(35)51/h4,8,11-12,14-17,20,23,27,35,42-43,49H,2-3,5-7,9-10,13,18-19,21-22,24-26H2,1H3,(H,44,50)(H,45,51)/b23-20+,37-33-. The number of nitrogens with zero attached hydrogens (tertiary/aromatic N) is 2. The van der Waals surface area contributed by atoms with Crippen molar-refractivity contribution < 1.29 is 29.1 Å². The van der Waals surface area contributed by atoms with E-state index in [1.165, 1.54) is 6.08 Å². The summed E-state index contributed by atoms with van der Waals surface area (Å²) in [5.74, 6) is -1.37. The number of carbonyl (C=O) groups is 5. The molecule has 53 heavy (non-hydrogen) atoms. The minimum atomic E-state index is -0.837. The van der Waals surface area contributed by atoms with Gasteiger partial charge in [0.05, 0.1) is 16.7 Å². The van der Waals surface area contributed by atoms with Gasteiger partial charge in [-0.2, -0.15) is 0 Å². The number of carbonyl (C=O) groups excluding carboxylic acids is 5. The van der Waals surface area contributed by atoms with Crippen molar-refractivity contribution in [3.63, 3.8) is 0 Å². The minimum absolute atomic E-state index is 0.00153. The normalized spacial score (nSPS) is 17.9. The lowest BCUT2D eigenvalue weighted by atomic mass is 9.99. The number of unbranched alkanes of at least 4 members (excludes halogenated alkanes) is 1. The van der Waals surface area contributed by atoms with Gasteiger partial charge in [-0.25, -0.2) is 0 Å². The average Bonchev–Trinajstić information content (AvgIpc) is 3.39. The molecule has 0 aromatic heterocycles. The molecule has 0 bridgehead atoms. The largest absolute Gasteiger partial charge is 0.507 e. The lowest BCUT2D eigenvalue weighted by molar-refractivity contribution is -0.125. The highest BCUT2D eigenvalue weighted by atomic mass is 16.3. The number of allylic oxidation sites excluding steroid dienone is 5. The maximum absolute atomic E-state index is 13.1. The Kier molecular flexibility index (Phi) is 13.6. The molecule has 1 unspecified atom stereocenters. The van der Waals surface area contributed by atoms with Crippen molar-refractivity contribution in [1.82, 2.24) is 20.9 Å². The van der Waals surface area contributed by atoms with Crippen molar-refractivity contribution in [2.45, 2.75) is 70.8 Å². The second-order valence-corrected chi connectivity index (χ2v) is 13.5. The Hall–Kier alpha value is -5.65. The molecule has 0 spiro atoms. The van der Waals surface area contributed by atoms with Gasteiger partial charge >= 0.3 is 0 Å². The highest BCUT2D eigenvalue weighted by Gasteiger charge is 2.44. The number of aliphatic hydroxyl groups is 1. The maximum atomic E-state index is 13.1. The third-order valence-corrected chi connectivity index (χ3v) is 9.53. The fourth-order valence-corrected chi connectivity index (χ4v) is 6.61. The predicted octanol–water partition coefficient (Wildman–Crippen LogP) is 5.07. The smallest absolute Gasteiger partial charge is 0.262 e. The number of ketones is 1. The first kappa shape index (κ1) is 38.6. The highest BCUT2D eigenvalue weighted by molar-refractivity contribution is 6.23. The van der Waals surface area contributed by atoms with E-state index in [1.54, 1.807) is 30.5 Å². The molecule has 2 aromatic carbocycles. The molecule has 5 rings (SSSR count). The van der Waals surface area contributed by atoms with E-state index < -0.39 is 17.9 Å². The number of hydrogen-bond donors (Lipinski definition) is 5. The van der Waals surface area contributed by atoms with Crippen molar-refractivity contribution in [2.75, 3.05) is 42.9 Å². The van der Waals surface area contributed by atoms with Crippen LogP contribution in [0.15, 0.2) is 90.5 Å². The number of anilines is 2. The Balaban J connectivity index is 0.970. The first-order chi connectivity index (χ1) is 25.7. The van der Waals surface area contributed by atoms with E-state index in [4.69, 9.17) is 0 Å². The zero-order valence-corrected chi connectivity index (χ0v) is 30.4. The van der Waals surface area contributed by atoms with E-state index in [1.807, 2.05) is 6.08 Å². The number of fused-ring (bicyclic) bond motifs is 1. The number of nitrogens with one attached hydrogen (secondary N) is 4. The Bertz CT molecular complexity index is 1800. The average molecular weight is 723 g/mol. The quantitative estimate of drug-likeness (QED) is 0.0613. The topological polar surface area (TPSA) is 160 Å². The molecule has 5 N–H and O–H groups in total. The van der Waals surface area contributed by atoms with Crippen LogP contribution in [0.3, 0.4) is 0 Å². The van der Waals surface area contributed by atoms with Crippen LogP contribution in [-0.4, -0.2) is 78.2 Å². The van der Waals surface area contributed by atoms with E-state index >= 15 is 0 Å². The van der Waals surface area contributed by atoms with Crippen molar-refractivity contribution in [3.05, 3.63) is 107 Å². The summed E-state index contributed by atoms with van der Waals surface area (Å²) in [6.07, 6.45) is 12.4. The first-order valence-corrected chi connectivity index (χ1v) is 18.5. The molecule has 4 amide bonds. The van der Waals surface area contributed by atoms with E-state index in [0.29, 0.717) is 80.7 Å². The molecule has 2 aliphatic heterocycles. The third kappa shape index (κ3) is 10.2. The van der Waals surface area contributed by atoms with Gasteiger partial charge in [0.15, 0.2) is 5.78 Å². The van der Waals surface area contributed by atoms with Gasteiger partial charge in [0.1, 0.15) is 11.8 Å². The number of aliphatic hydroxyl groups excluding tert-OH is 1. The molecule has 2 aromatic rings. The Morgan fingerprint density at radius 2 is 1.77 bits per heavy atom. The number of amides is 4. The zero-order valence-electron chi connectivity index (χ0n) is 30.4. The molecule has 280 valence electrons. The Morgan fingerprint density at radius 1 is 1.00 bits per heavy atom. The number of Topliss-reactive ketones (excluding diaryl/α,β-unsaturated/α-hetero) is 1. The van der Waals surface area contributed by atoms with Gasteiger partial charge in [-0.1, -0.05) is 37.8 Å². The number of rotatable bonds is 18. The SMILES string of the molecule is C=C1CCC(N2C(=O)c3ccc(NCCCCNC(=O)CCc4ccc(N(CCC)CCN/C=C/C(O)=C5\C=CCCC5=O)cc4)cc3C2=O)C(=O)N1. The first-order valence-electron chi connectivity index (χ1n) is 18.5. The number of imide groups is 1. The van der Waals surface area contributed by atoms with Crippen molar-refractivity contribution in [1.29, 1.82) is 0 Å². The van der Waals surface area contributed by atoms with Gasteiger partial charge in [-0.3, -0.25) is 28.9 Å². The minimum Gasteiger partial charge on any atom is -0.507 e. The fraction of sp³-hybridized carbons (Fsp3) is 0.390. The number of hydrogen-bond acceptors (Lipinski definition) is 9. The van der Waals surface area contributed by atoms with Crippen LogP contribution in [0.5, 0.6) is 0 Å². The van der Waals surface area contributed by atoms with Crippen LogP contribution in [0.1, 0.15) is 84.6 Å². The van der Waals surface area contributed by atoms with Gasteiger partial charge in [0, 0.05) is 68.8 Å². The molecule has 1 aliphatic carbocycles. The molecular formula is C41H50N6O6. The number of benzene rings is 2. The molecule has 1 saturated heterocycles. The van der Waals surface area contributed by atoms with Crippen molar-refractivity contribution in [3.8, 4) is 0 Å². The van der Waals surface area contributed by atoms with Gasteiger partial charge < -0.3 is 31.3 Å². The van der Waals surface area contributed by atoms with Crippen LogP contribution in [0.4, 0.5) is 11.4 Å². The summed E-state index contributed by atoms with van der Waals surface area (Å²) in [6, 6.07) is 12.5. The molecule has 12 heteroatoms. The van der Waals surface area contributed by atoms with Gasteiger partial charge in [-0.15, -0.1) is 0 Å². The summed E-state index contributed by atoms with van der Waals surface area (Å²) in [5, 5.41) is 22.3. The Labute approximate surface area is 311 Å². The van der Waals surface area contributed by atoms with Crippen LogP contribution < -0.4 is 26.2 Å². The van der Waals surface area contributed by atoms with Crippen LogP contribution in [0.25, 0.3) is 0 Å². The summed E-state index contributed by atoms with van der Waals surface area (Å²) in [5.41, 5.74) is 4.43. The molecule has 1 atom stereocenters. The monoisotopic (exact) mass is 722 g/mol. The molecule has 12 nitrogen and oxygen atoms in total. The van der Waals surface area contributed by atoms with Crippen LogP contribution in [0.2, 0.25) is 0 Å². The van der Waals surface area contributed by atoms with E-state index in [2.05, 4.69) is 63.9 Å². The molecular weight excluding hydrogens is 672 g/mol. The number of aryl methyl sites for hydroxylation is 1. The van der Waals surface area contributed by atoms with Crippen molar-refractivity contribution >= 4 is 40.8 Å². The van der Waals surface area contributed by atoms with Crippen molar-refractivity contribution in [2.24, 2.45) is 0 Å². The second kappa shape index (κ2) is 18.7. The summed E-state index contributed by atoms with van der Waals surface area (Å²) in [7, 11) is 0. The summed E-state index contributed by atoms with van der Waals surface area (Å²) in [6.45, 7) is 9.40. The van der Waals surface area contributed by atoms with Crippen LogP contribution >= 0.6 is 0 Å². The van der Waals surface area contributed by atoms with Gasteiger partial charge in [-0.05, 0) is 86.9 Å². The maximum Gasteiger partial charge on any atom is 0.262 e. The molecule has 2 heterocycles. The van der Waals surface area contributed by atoms with Crippen LogP contribution in [0, 0.1) is 0 Å². The Morgan fingerprint density at radius 3 is 2.53 bits per heavy atom. The molecule has 0 radical (unpaired) electrons. The van der Waals surface area contributed by atoms with Gasteiger partial charge in [0.25, 0.3) is 11.8 Å². The second-order valence-electron chi connectivity index (χ2n) is 13.5. The number of piperidine rings is 1. The third-order valence-electron chi connectivity index (χ3n) is 9.53. The molecule has 1 fully saturated rings. The van der Waals surface area contributed by atoms with Gasteiger partial charge in [0.2, 0.25) is 11.8 Å². The van der Waals surface area contributed by atoms with E-state index in [0.717, 1.165) is 48.5 Å². The summed E-state index contributed by atoms with van der Waals surface area (Å²) in [4.78, 5) is 66.3. The van der Waals surface area contributed by atoms with Crippen LogP contribution in [-0.2, 0) is 20.8 Å². The molecule has 3 aliphatic rings. The van der Waals surface area contributed by atoms with E-state index in [-0.39, 0.29) is 28.9 Å².